The fourth-order valence-electron chi connectivity index (χ4n) is 16.9. The maximum absolute atomic E-state index is 13.3. The molecule has 10 rings (SSSR count). The van der Waals surface area contributed by atoms with Crippen molar-refractivity contribution in [3.8, 4) is 0 Å². The molecule has 0 aromatic heterocycles. The molecule has 0 aliphatic carbocycles. The molecule has 0 radical (unpaired) electrons. The van der Waals surface area contributed by atoms with Crippen LogP contribution < -0.4 is 26.6 Å². The third-order valence-corrected chi connectivity index (χ3v) is 23.8. The van der Waals surface area contributed by atoms with Gasteiger partial charge in [-0.05, 0) is 6.92 Å². The molecule has 5 amide bonds. The first kappa shape index (κ1) is 108. The summed E-state index contributed by atoms with van der Waals surface area (Å²) in [6.45, 7) is -4.62. The molecule has 33 N–H and O–H groups in total. The van der Waals surface area contributed by atoms with Gasteiger partial charge in [-0.1, -0.05) is 0 Å². The van der Waals surface area contributed by atoms with Gasteiger partial charge in [-0.25, -0.2) is 4.79 Å². The second-order valence-electron chi connectivity index (χ2n) is 33.2. The predicted octanol–water partition coefficient (Wildman–Crippen LogP) is -21.9. The average Bonchev–Trinajstić information content (AvgIpc) is 0.751. The Morgan fingerprint density at radius 1 is 0.328 bits per heavy atom. The summed E-state index contributed by atoms with van der Waals surface area (Å²) in [5.41, 5.74) is 0. The zero-order valence-corrected chi connectivity index (χ0v) is 70.7. The van der Waals surface area contributed by atoms with E-state index < -0.39 is 414 Å². The van der Waals surface area contributed by atoms with Crippen molar-refractivity contribution in [1.82, 2.24) is 26.6 Å². The molecule has 10 saturated heterocycles. The highest BCUT2D eigenvalue weighted by atomic mass is 16.8. The van der Waals surface area contributed by atoms with Crippen LogP contribution in [0.3, 0.4) is 0 Å². The summed E-state index contributed by atoms with van der Waals surface area (Å²) < 4.78 is 113. The maximum Gasteiger partial charge on any atom is 0.364 e. The summed E-state index contributed by atoms with van der Waals surface area (Å²) in [5.74, 6) is -10.2. The van der Waals surface area contributed by atoms with E-state index >= 15 is 0 Å². The van der Waals surface area contributed by atoms with Crippen molar-refractivity contribution in [3.63, 3.8) is 0 Å². The predicted molar refractivity (Wildman–Crippen MR) is 403 cm³/mol. The van der Waals surface area contributed by atoms with Crippen LogP contribution in [0.2, 0.25) is 0 Å². The van der Waals surface area contributed by atoms with E-state index in [9.17, 15) is 172 Å². The molecule has 0 saturated carbocycles. The monoisotopic (exact) mass is 1920 g/mol. The van der Waals surface area contributed by atoms with E-state index in [1.54, 1.807) is 0 Å². The maximum atomic E-state index is 13.3. The van der Waals surface area contributed by atoms with E-state index in [-0.39, 0.29) is 0 Å². The van der Waals surface area contributed by atoms with E-state index in [1.165, 1.54) is 6.92 Å². The van der Waals surface area contributed by atoms with E-state index in [0.29, 0.717) is 0 Å². The van der Waals surface area contributed by atoms with Gasteiger partial charge in [0.25, 0.3) is 5.79 Å². The lowest BCUT2D eigenvalue weighted by molar-refractivity contribution is -0.397. The number of aliphatic hydroxyl groups excluding tert-OH is 27. The molecule has 0 aromatic rings. The van der Waals surface area contributed by atoms with Crippen molar-refractivity contribution in [2.75, 3.05) is 59.5 Å². The lowest BCUT2D eigenvalue weighted by atomic mass is 9.88. The van der Waals surface area contributed by atoms with Crippen molar-refractivity contribution < 1.29 is 262 Å². The second-order valence-corrected chi connectivity index (χ2v) is 33.2. The van der Waals surface area contributed by atoms with Gasteiger partial charge < -0.3 is 260 Å². The smallest absolute Gasteiger partial charge is 0.364 e. The van der Waals surface area contributed by atoms with Gasteiger partial charge in [0.1, 0.15) is 232 Å². The number of aliphatic carboxylic acids is 1. The molecule has 0 spiro atoms. The molecule has 0 aromatic carbocycles. The number of hydrogen-bond donors (Lipinski definition) is 33. The number of amides is 5. The standard InChI is InChI=1S/C73H121N5O53/c1-17-38(93)49(104)52(107)67(115-17)113-16-32-57(46(101)34(63(110)116-32)75-19(3)87)124-65-36(77-21(5)89)47(102)55(29(13-84)121-65)125-68-53(108)59(127-71-62(51(106)42(97)27(11-82)120-71)129-64-35(76-20(4)88)45(100)40(95)25(9-80)117-64)44(99)31(123-68)15-114-70-61(50(105)41(96)26(10-81)119-70)128-66-37(78-22(6)90)48(103)56(30(14-85)122-66)126-69-54(109)60(43(98)28(12-83)118-69)131-73(72(111)112)7-23(91)33(74-18(2)86)58(130-73)39(94)24(92)8-79/h17,23-71,79-85,91-110H,7-16H2,1-6H3,(H,74,86)(H,75,87)(H,76,88)(H,77,89)(H,78,90)(H,111,112)/t17-,23-,24+,25+,26+,27+,28+,29+,30+,31+,32+,33+,34+,35+,36+,37+,38+,39+,40+,41+,42+,43-,44+,45+,46+,47+,48+,49+,50-,51-,52-,53-,54+,55+,56+,57+,58+,59-,60-,61-,62-,63?,64-,65-,66-,67+,68-,69-,70-,71+,73-/m0/s1. The number of carboxylic acids is 1. The van der Waals surface area contributed by atoms with Gasteiger partial charge in [0, 0.05) is 41.0 Å². The highest BCUT2D eigenvalue weighted by Gasteiger charge is 2.64. The second kappa shape index (κ2) is 46.6. The van der Waals surface area contributed by atoms with Gasteiger partial charge in [-0.15, -0.1) is 0 Å². The first-order valence-corrected chi connectivity index (χ1v) is 41.6. The van der Waals surface area contributed by atoms with Crippen molar-refractivity contribution in [2.45, 2.75) is 360 Å². The Labute approximate surface area is 741 Å². The molecule has 756 valence electrons. The lowest BCUT2D eigenvalue weighted by Crippen LogP contribution is -2.71. The topological polar surface area (TPSA) is 904 Å². The number of hydrogen-bond acceptors (Lipinski definition) is 52. The number of nitrogens with one attached hydrogen (secondary N) is 5. The van der Waals surface area contributed by atoms with Crippen LogP contribution in [0.25, 0.3) is 0 Å². The van der Waals surface area contributed by atoms with Gasteiger partial charge in [0.05, 0.1) is 77.7 Å². The highest BCUT2D eigenvalue weighted by molar-refractivity contribution is 5.77. The molecule has 10 aliphatic heterocycles. The third-order valence-electron chi connectivity index (χ3n) is 23.8. The van der Waals surface area contributed by atoms with Gasteiger partial charge >= 0.3 is 5.97 Å². The van der Waals surface area contributed by atoms with E-state index in [1.807, 2.05) is 0 Å². The Morgan fingerprint density at radius 3 is 1.15 bits per heavy atom. The Bertz CT molecular complexity index is 3670. The highest BCUT2D eigenvalue weighted by Crippen LogP contribution is 2.43. The first-order valence-electron chi connectivity index (χ1n) is 41.6. The zero-order chi connectivity index (χ0) is 96.9. The molecule has 51 atom stereocenters. The third kappa shape index (κ3) is 24.1. The van der Waals surface area contributed by atoms with E-state index in [4.69, 9.17) is 90.0 Å². The van der Waals surface area contributed by atoms with Crippen molar-refractivity contribution in [2.24, 2.45) is 0 Å². The summed E-state index contributed by atoms with van der Waals surface area (Å²) in [6.07, 6.45) is -98.3. The summed E-state index contributed by atoms with van der Waals surface area (Å²) in [5, 5.41) is 326. The molecule has 10 fully saturated rings. The summed E-state index contributed by atoms with van der Waals surface area (Å²) >= 11 is 0. The molecule has 1 unspecified atom stereocenters. The van der Waals surface area contributed by atoms with Crippen LogP contribution in [0.15, 0.2) is 0 Å². The van der Waals surface area contributed by atoms with Gasteiger partial charge in [-0.2, -0.15) is 0 Å². The van der Waals surface area contributed by atoms with Gasteiger partial charge in [-0.3, -0.25) is 24.0 Å². The average molecular weight is 1920 g/mol. The van der Waals surface area contributed by atoms with Crippen LogP contribution in [0.4, 0.5) is 0 Å². The molecule has 10 aliphatic rings. The summed E-state index contributed by atoms with van der Waals surface area (Å²) in [7, 11) is 0. The number of carboxylic acid groups (broad SMARTS) is 1. The van der Waals surface area contributed by atoms with E-state index in [0.717, 1.165) is 34.6 Å². The Hall–Kier alpha value is -5.02. The van der Waals surface area contributed by atoms with Crippen molar-refractivity contribution in [3.05, 3.63) is 0 Å². The molecule has 10 heterocycles. The molecular formula is C73H121N5O53. The SMILES string of the molecule is CC(=O)N[C@H]1[C@H](O[C@H]2[C@H](O)[C@@H](NC(C)=O)C(O)O[C@@H]2CO[C@@H]2O[C@@H](C)[C@@H](O)[C@@H](O)[C@@H]2O)O[C@H](CO)[C@@H](O[C@@H]2O[C@H](CO[C@H]3O[C@H](CO)[C@@H](O)[C@H](O)[C@@H]3O[C@@H]3O[C@H](CO)[C@@H](O[C@@H]4O[C@H](CO)[C@H](O)[C@H](O[C@]5(C(=O)O)C[C@H](O)[C@@H](NC(C)=O)[C@H]([C@H](O)[C@H](O)CO)O5)[C@H]4O)[C@H](O)[C@H]3NC(C)=O)[C@@H](O)[C@H](O[C@H]3O[C@H](CO)[C@@H](O)[C@H](O)[C@@H]3O[C@@H]3O[C@H](CO)[C@@H](O)[C@H](O)[C@H]3NC(C)=O)[C@@H]2O)[C@@H]1O. The van der Waals surface area contributed by atoms with Crippen LogP contribution in [0, 0.1) is 0 Å². The van der Waals surface area contributed by atoms with Gasteiger partial charge in [0.2, 0.25) is 29.5 Å². The van der Waals surface area contributed by atoms with E-state index in [2.05, 4.69) is 26.6 Å². The Morgan fingerprint density at radius 2 is 0.679 bits per heavy atom. The number of aliphatic hydroxyl groups is 27. The number of rotatable bonds is 35. The van der Waals surface area contributed by atoms with Crippen LogP contribution in [-0.4, -0.2) is 550 Å². The quantitative estimate of drug-likeness (QED) is 0.0280. The number of carbonyl (C=O) groups excluding carboxylic acids is 5. The van der Waals surface area contributed by atoms with Crippen LogP contribution in [0.5, 0.6) is 0 Å². The fraction of sp³-hybridized carbons (Fsp3) is 0.918. The lowest BCUT2D eigenvalue weighted by Gasteiger charge is -2.51. The summed E-state index contributed by atoms with van der Waals surface area (Å²) in [6, 6.07) is -9.50. The van der Waals surface area contributed by atoms with Crippen LogP contribution >= 0.6 is 0 Å². The van der Waals surface area contributed by atoms with Crippen molar-refractivity contribution >= 4 is 35.5 Å². The van der Waals surface area contributed by atoms with Crippen LogP contribution in [0.1, 0.15) is 48.0 Å². The Balaban J connectivity index is 0.963. The van der Waals surface area contributed by atoms with Crippen LogP contribution in [-0.2, 0) is 119 Å². The molecule has 58 nitrogen and oxygen atoms in total. The minimum atomic E-state index is -3.31. The summed E-state index contributed by atoms with van der Waals surface area (Å²) in [4.78, 5) is 77.1. The number of carbonyl (C=O) groups is 6. The molecule has 131 heavy (non-hydrogen) atoms. The number of ether oxygens (including phenoxy) is 19. The normalized spacial score (nSPS) is 47.5. The fourth-order valence-corrected chi connectivity index (χ4v) is 16.9. The van der Waals surface area contributed by atoms with Crippen molar-refractivity contribution in [1.29, 1.82) is 0 Å². The minimum Gasteiger partial charge on any atom is -0.477 e. The Kier molecular flexibility index (Phi) is 38.4. The molecule has 0 bridgehead atoms. The zero-order valence-electron chi connectivity index (χ0n) is 70.7. The minimum absolute atomic E-state index is 0.854. The molecular weight excluding hydrogens is 1790 g/mol. The van der Waals surface area contributed by atoms with Gasteiger partial charge in [0.15, 0.2) is 56.6 Å². The molecule has 58 heteroatoms. The largest absolute Gasteiger partial charge is 0.477 e. The first-order chi connectivity index (χ1) is 61.7.